The third kappa shape index (κ3) is 4.46. The molecule has 7 heteroatoms. The average molecular weight is 480 g/mol. The molecule has 1 aliphatic heterocycles. The van der Waals surface area contributed by atoms with E-state index in [0.717, 1.165) is 16.8 Å². The molecule has 0 saturated carbocycles. The fourth-order valence-corrected chi connectivity index (χ4v) is 5.41. The summed E-state index contributed by atoms with van der Waals surface area (Å²) >= 11 is 0. The average Bonchev–Trinajstić information content (AvgIpc) is 3.22. The first-order valence-electron chi connectivity index (χ1n) is 12.3. The monoisotopic (exact) mass is 480 g/mol. The van der Waals surface area contributed by atoms with Gasteiger partial charge in [-0.15, -0.1) is 12.3 Å². The maximum Gasteiger partial charge on any atom is 0.488 e. The minimum Gasteiger partial charge on any atom is -0.448 e. The number of piperazine rings is 1. The van der Waals surface area contributed by atoms with E-state index < -0.39 is 7.12 Å². The van der Waals surface area contributed by atoms with Gasteiger partial charge in [0, 0.05) is 44.2 Å². The Hall–Kier alpha value is -3.73. The number of carbonyl (C=O) groups is 1. The molecule has 2 N–H and O–H groups in total. The molecule has 0 aromatic heterocycles. The number of amides is 1. The molecule has 0 radical (unpaired) electrons. The van der Waals surface area contributed by atoms with Crippen molar-refractivity contribution in [3.8, 4) is 23.5 Å². The Kier molecular flexibility index (Phi) is 6.73. The van der Waals surface area contributed by atoms with Crippen LogP contribution >= 0.6 is 0 Å². The van der Waals surface area contributed by atoms with Crippen molar-refractivity contribution in [1.82, 2.24) is 4.90 Å². The van der Waals surface area contributed by atoms with Crippen molar-refractivity contribution in [2.45, 2.75) is 19.3 Å². The van der Waals surface area contributed by atoms with Crippen molar-refractivity contribution in [2.24, 2.45) is 0 Å². The molecule has 36 heavy (non-hydrogen) atoms. The van der Waals surface area contributed by atoms with Gasteiger partial charge in [-0.1, -0.05) is 54.6 Å². The lowest BCUT2D eigenvalue weighted by molar-refractivity contribution is 0.0977. The molecule has 182 valence electrons. The molecule has 2 aliphatic rings. The zero-order valence-corrected chi connectivity index (χ0v) is 20.4. The fraction of sp³-hybridized carbons (Fsp3) is 0.276. The number of fused-ring (bicyclic) bond motifs is 3. The third-order valence-electron chi connectivity index (χ3n) is 7.28. The lowest BCUT2D eigenvalue weighted by atomic mass is 9.75. The Bertz CT molecular complexity index is 1280. The molecular weight excluding hydrogens is 451 g/mol. The molecule has 0 bridgehead atoms. The zero-order chi connectivity index (χ0) is 25.2. The maximum atomic E-state index is 13.0. The highest BCUT2D eigenvalue weighted by molar-refractivity contribution is 6.59. The summed E-state index contributed by atoms with van der Waals surface area (Å²) in [6.45, 7) is 4.45. The zero-order valence-electron chi connectivity index (χ0n) is 20.4. The van der Waals surface area contributed by atoms with Gasteiger partial charge in [-0.2, -0.15) is 0 Å². The summed E-state index contributed by atoms with van der Waals surface area (Å²) in [5, 5.41) is 19.6. The van der Waals surface area contributed by atoms with Crippen LogP contribution < -0.4 is 10.4 Å². The minimum atomic E-state index is -1.57. The number of nitrogens with zero attached hydrogens (tertiary/aromatic N) is 2. The summed E-state index contributed by atoms with van der Waals surface area (Å²) < 4.78 is 5.83. The van der Waals surface area contributed by atoms with Gasteiger partial charge in [0.15, 0.2) is 0 Å². The second-order valence-electron chi connectivity index (χ2n) is 9.36. The van der Waals surface area contributed by atoms with Gasteiger partial charge < -0.3 is 24.6 Å². The lowest BCUT2D eigenvalue weighted by Crippen LogP contribution is -2.49. The van der Waals surface area contributed by atoms with Crippen molar-refractivity contribution in [2.75, 3.05) is 37.7 Å². The van der Waals surface area contributed by atoms with Crippen molar-refractivity contribution >= 4 is 24.4 Å². The van der Waals surface area contributed by atoms with Crippen LogP contribution in [0.4, 0.5) is 10.5 Å². The first kappa shape index (κ1) is 24.0. The van der Waals surface area contributed by atoms with E-state index in [0.29, 0.717) is 44.7 Å². The van der Waals surface area contributed by atoms with Crippen LogP contribution in [0, 0.1) is 19.3 Å². The first-order valence-corrected chi connectivity index (χ1v) is 12.3. The molecule has 1 fully saturated rings. The van der Waals surface area contributed by atoms with Crippen LogP contribution in [0.1, 0.15) is 28.2 Å². The van der Waals surface area contributed by atoms with Gasteiger partial charge in [-0.05, 0) is 51.8 Å². The van der Waals surface area contributed by atoms with Crippen LogP contribution in [0.3, 0.4) is 0 Å². The van der Waals surface area contributed by atoms with Gasteiger partial charge in [0.05, 0.1) is 0 Å². The van der Waals surface area contributed by atoms with Gasteiger partial charge in [-0.3, -0.25) is 0 Å². The Morgan fingerprint density at radius 3 is 2.22 bits per heavy atom. The molecule has 1 saturated heterocycles. The van der Waals surface area contributed by atoms with Crippen LogP contribution in [0.25, 0.3) is 11.1 Å². The number of ether oxygens (including phenoxy) is 1. The minimum absolute atomic E-state index is 0.0347. The molecule has 0 unspecified atom stereocenters. The molecule has 5 rings (SSSR count). The number of rotatable bonds is 5. The van der Waals surface area contributed by atoms with Gasteiger partial charge in [-0.25, -0.2) is 4.79 Å². The smallest absolute Gasteiger partial charge is 0.448 e. The first-order chi connectivity index (χ1) is 17.5. The predicted molar refractivity (Wildman–Crippen MR) is 142 cm³/mol. The van der Waals surface area contributed by atoms with Gasteiger partial charge >= 0.3 is 13.2 Å². The molecule has 3 aromatic rings. The van der Waals surface area contributed by atoms with Gasteiger partial charge in [0.1, 0.15) is 6.61 Å². The van der Waals surface area contributed by atoms with E-state index in [1.165, 1.54) is 22.3 Å². The third-order valence-corrected chi connectivity index (χ3v) is 7.28. The van der Waals surface area contributed by atoms with E-state index in [1.54, 1.807) is 11.0 Å². The highest BCUT2D eigenvalue weighted by Crippen LogP contribution is 2.44. The summed E-state index contributed by atoms with van der Waals surface area (Å²) in [4.78, 5) is 16.9. The molecule has 0 spiro atoms. The topological polar surface area (TPSA) is 73.2 Å². The Morgan fingerprint density at radius 2 is 1.64 bits per heavy atom. The van der Waals surface area contributed by atoms with E-state index in [-0.39, 0.29) is 12.0 Å². The number of hydrogen-bond acceptors (Lipinski definition) is 5. The van der Waals surface area contributed by atoms with Crippen LogP contribution in [0.5, 0.6) is 0 Å². The van der Waals surface area contributed by atoms with E-state index in [2.05, 4.69) is 35.1 Å². The van der Waals surface area contributed by atoms with E-state index in [1.807, 2.05) is 37.3 Å². The molecule has 1 aliphatic carbocycles. The summed E-state index contributed by atoms with van der Waals surface area (Å²) in [6, 6.07) is 20.4. The highest BCUT2D eigenvalue weighted by Gasteiger charge is 2.31. The molecule has 1 heterocycles. The maximum absolute atomic E-state index is 13.0. The normalized spacial score (nSPS) is 14.7. The Labute approximate surface area is 212 Å². The molecule has 1 amide bonds. The quantitative estimate of drug-likeness (QED) is 0.434. The Balaban J connectivity index is 1.24. The molecule has 6 nitrogen and oxygen atoms in total. The second-order valence-corrected chi connectivity index (χ2v) is 9.36. The van der Waals surface area contributed by atoms with Crippen molar-refractivity contribution in [1.29, 1.82) is 0 Å². The highest BCUT2D eigenvalue weighted by atomic mass is 16.6. The SMILES string of the molecule is C#CCc1cc(B(O)O)c(C)c(N2CCN(C(=O)OCC3c4ccccc4-c4ccccc43)CC2)c1. The summed E-state index contributed by atoms with van der Waals surface area (Å²) in [7, 11) is -1.57. The molecule has 0 atom stereocenters. The molecular formula is C29H29BN2O4. The lowest BCUT2D eigenvalue weighted by Gasteiger charge is -2.37. The molecule has 3 aromatic carbocycles. The standard InChI is InChI=1S/C29H29BN2O4/c1-3-8-21-17-27(30(34)35)20(2)28(18-21)31-13-15-32(16-14-31)29(33)36-19-26-24-11-6-4-9-22(24)23-10-5-7-12-25(23)26/h1,4-7,9-12,17-18,26,34-35H,8,13-16,19H2,2H3. The number of carbonyl (C=O) groups excluding carboxylic acids is 1. The van der Waals surface area contributed by atoms with Crippen LogP contribution in [-0.4, -0.2) is 60.9 Å². The second kappa shape index (κ2) is 10.1. The number of hydrogen-bond donors (Lipinski definition) is 2. The van der Waals surface area contributed by atoms with Crippen molar-refractivity contribution < 1.29 is 19.6 Å². The van der Waals surface area contributed by atoms with E-state index in [4.69, 9.17) is 11.2 Å². The van der Waals surface area contributed by atoms with Gasteiger partial charge in [0.2, 0.25) is 0 Å². The Morgan fingerprint density at radius 1 is 1.03 bits per heavy atom. The van der Waals surface area contributed by atoms with Crippen molar-refractivity contribution in [3.63, 3.8) is 0 Å². The van der Waals surface area contributed by atoms with Crippen LogP contribution in [-0.2, 0) is 11.2 Å². The summed E-state index contributed by atoms with van der Waals surface area (Å²) in [5.41, 5.74) is 7.84. The van der Waals surface area contributed by atoms with E-state index >= 15 is 0 Å². The number of terminal acetylenes is 1. The van der Waals surface area contributed by atoms with E-state index in [9.17, 15) is 14.8 Å². The summed E-state index contributed by atoms with van der Waals surface area (Å²) in [5.74, 6) is 2.65. The van der Waals surface area contributed by atoms with Crippen molar-refractivity contribution in [3.05, 3.63) is 82.9 Å². The number of anilines is 1. The van der Waals surface area contributed by atoms with Gasteiger partial charge in [0.25, 0.3) is 0 Å². The van der Waals surface area contributed by atoms with Crippen LogP contribution in [0.2, 0.25) is 0 Å². The number of benzene rings is 3. The fourth-order valence-electron chi connectivity index (χ4n) is 5.41. The largest absolute Gasteiger partial charge is 0.488 e. The summed E-state index contributed by atoms with van der Waals surface area (Å²) in [6.07, 6.45) is 5.59. The predicted octanol–water partition coefficient (Wildman–Crippen LogP) is 2.92. The van der Waals surface area contributed by atoms with Crippen LogP contribution in [0.15, 0.2) is 60.7 Å².